The van der Waals surface area contributed by atoms with E-state index >= 15 is 0 Å². The van der Waals surface area contributed by atoms with Crippen molar-refractivity contribution in [1.29, 1.82) is 0 Å². The fourth-order valence-electron chi connectivity index (χ4n) is 3.60. The van der Waals surface area contributed by atoms with Crippen LogP contribution in [0.4, 0.5) is 0 Å². The molecule has 3 nitrogen and oxygen atoms in total. The van der Waals surface area contributed by atoms with E-state index in [1.54, 1.807) is 0 Å². The second-order valence-electron chi connectivity index (χ2n) is 6.56. The van der Waals surface area contributed by atoms with Gasteiger partial charge in [-0.05, 0) is 42.4 Å². The number of ether oxygens (including phenoxy) is 2. The zero-order valence-corrected chi connectivity index (χ0v) is 13.8. The molecule has 0 aromatic heterocycles. The molecule has 2 fully saturated rings. The maximum Gasteiger partial charge on any atom is 0.168 e. The zero-order valence-electron chi connectivity index (χ0n) is 13.0. The smallest absolute Gasteiger partial charge is 0.168 e. The molecule has 1 saturated carbocycles. The van der Waals surface area contributed by atoms with Crippen LogP contribution in [-0.2, 0) is 20.7 Å². The Bertz CT molecular complexity index is 527. The van der Waals surface area contributed by atoms with E-state index in [0.29, 0.717) is 5.92 Å². The highest BCUT2D eigenvalue weighted by molar-refractivity contribution is 6.31. The molecule has 1 spiro atoms. The van der Waals surface area contributed by atoms with Gasteiger partial charge in [0.1, 0.15) is 6.29 Å². The molecule has 22 heavy (non-hydrogen) atoms. The van der Waals surface area contributed by atoms with Gasteiger partial charge in [-0.25, -0.2) is 0 Å². The van der Waals surface area contributed by atoms with E-state index in [1.807, 2.05) is 13.0 Å². The summed E-state index contributed by atoms with van der Waals surface area (Å²) >= 11 is 6.49. The van der Waals surface area contributed by atoms with E-state index in [2.05, 4.69) is 12.1 Å². The molecule has 1 atom stereocenters. The van der Waals surface area contributed by atoms with E-state index < -0.39 is 0 Å². The lowest BCUT2D eigenvalue weighted by atomic mass is 9.80. The number of halogens is 1. The molecule has 1 heterocycles. The number of aldehydes is 1. The average molecular weight is 323 g/mol. The Hall–Kier alpha value is -0.900. The fraction of sp³-hybridized carbons (Fsp3) is 0.611. The summed E-state index contributed by atoms with van der Waals surface area (Å²) in [5, 5.41) is 0.824. The molecule has 3 rings (SSSR count). The summed E-state index contributed by atoms with van der Waals surface area (Å²) < 4.78 is 11.6. The number of hydrogen-bond acceptors (Lipinski definition) is 3. The summed E-state index contributed by atoms with van der Waals surface area (Å²) in [6, 6.07) is 6.26. The Balaban J connectivity index is 1.66. The van der Waals surface area contributed by atoms with Gasteiger partial charge in [0.25, 0.3) is 0 Å². The molecule has 1 aliphatic heterocycles. The van der Waals surface area contributed by atoms with Crippen LogP contribution in [0.25, 0.3) is 0 Å². The standard InChI is InChI=1S/C18H23ClO3/c1-13(12-20)10-14-2-3-16(17(19)11-14)15-4-6-18(7-5-15)21-8-9-22-18/h2-3,11-13,15H,4-10H2,1H3/t13-/m0/s1. The van der Waals surface area contributed by atoms with Gasteiger partial charge in [-0.1, -0.05) is 30.7 Å². The third kappa shape index (κ3) is 3.37. The third-order valence-corrected chi connectivity index (χ3v) is 5.18. The number of hydrogen-bond donors (Lipinski definition) is 0. The molecule has 1 aromatic carbocycles. The van der Waals surface area contributed by atoms with Gasteiger partial charge >= 0.3 is 0 Å². The van der Waals surface area contributed by atoms with Crippen molar-refractivity contribution in [3.63, 3.8) is 0 Å². The Morgan fingerprint density at radius 2 is 2.00 bits per heavy atom. The van der Waals surface area contributed by atoms with Crippen LogP contribution in [0, 0.1) is 5.92 Å². The highest BCUT2D eigenvalue weighted by Crippen LogP contribution is 2.43. The maximum absolute atomic E-state index is 10.8. The first kappa shape index (κ1) is 16.0. The topological polar surface area (TPSA) is 35.5 Å². The molecule has 4 heteroatoms. The summed E-state index contributed by atoms with van der Waals surface area (Å²) in [7, 11) is 0. The monoisotopic (exact) mass is 322 g/mol. The van der Waals surface area contributed by atoms with Gasteiger partial charge in [0.2, 0.25) is 0 Å². The molecule has 2 aliphatic rings. The van der Waals surface area contributed by atoms with Crippen molar-refractivity contribution in [2.24, 2.45) is 5.92 Å². The van der Waals surface area contributed by atoms with Crippen LogP contribution in [0.5, 0.6) is 0 Å². The van der Waals surface area contributed by atoms with Crippen LogP contribution < -0.4 is 0 Å². The molecule has 1 aliphatic carbocycles. The molecule has 0 amide bonds. The van der Waals surface area contributed by atoms with Crippen molar-refractivity contribution in [1.82, 2.24) is 0 Å². The minimum absolute atomic E-state index is 0.0353. The van der Waals surface area contributed by atoms with Crippen molar-refractivity contribution < 1.29 is 14.3 Å². The second-order valence-corrected chi connectivity index (χ2v) is 6.96. The molecular weight excluding hydrogens is 300 g/mol. The number of rotatable bonds is 4. The normalized spacial score (nSPS) is 22.8. The van der Waals surface area contributed by atoms with Crippen molar-refractivity contribution in [2.45, 2.75) is 50.7 Å². The van der Waals surface area contributed by atoms with E-state index in [4.69, 9.17) is 21.1 Å². The van der Waals surface area contributed by atoms with Gasteiger partial charge in [0.15, 0.2) is 5.79 Å². The number of carbonyl (C=O) groups is 1. The second kappa shape index (κ2) is 6.69. The van der Waals surface area contributed by atoms with Crippen LogP contribution in [0.2, 0.25) is 5.02 Å². The average Bonchev–Trinajstić information content (AvgIpc) is 2.97. The van der Waals surface area contributed by atoms with Crippen LogP contribution in [0.15, 0.2) is 18.2 Å². The Kier molecular flexibility index (Phi) is 4.86. The Morgan fingerprint density at radius 1 is 1.32 bits per heavy atom. The fourth-order valence-corrected chi connectivity index (χ4v) is 3.96. The van der Waals surface area contributed by atoms with Gasteiger partial charge in [-0.2, -0.15) is 0 Å². The van der Waals surface area contributed by atoms with Gasteiger partial charge < -0.3 is 14.3 Å². The lowest BCUT2D eigenvalue weighted by molar-refractivity contribution is -0.178. The molecule has 0 N–H and O–H groups in total. The Morgan fingerprint density at radius 3 is 2.59 bits per heavy atom. The molecular formula is C18H23ClO3. The van der Waals surface area contributed by atoms with Crippen LogP contribution in [-0.4, -0.2) is 25.3 Å². The SMILES string of the molecule is C[C@H](C=O)Cc1ccc(C2CCC3(CC2)OCCO3)c(Cl)c1. The van der Waals surface area contributed by atoms with Gasteiger partial charge in [-0.15, -0.1) is 0 Å². The Labute approximate surface area is 136 Å². The quantitative estimate of drug-likeness (QED) is 0.782. The first-order valence-corrected chi connectivity index (χ1v) is 8.51. The summed E-state index contributed by atoms with van der Waals surface area (Å²) in [4.78, 5) is 10.8. The van der Waals surface area contributed by atoms with Crippen molar-refractivity contribution in [2.75, 3.05) is 13.2 Å². The molecule has 1 aromatic rings. The van der Waals surface area contributed by atoms with Gasteiger partial charge in [-0.3, -0.25) is 0 Å². The molecule has 1 saturated heterocycles. The summed E-state index contributed by atoms with van der Waals surface area (Å²) in [6.07, 6.45) is 5.71. The van der Waals surface area contributed by atoms with Gasteiger partial charge in [0.05, 0.1) is 13.2 Å². The predicted octanol–water partition coefficient (Wildman–Crippen LogP) is 4.12. The number of benzene rings is 1. The largest absolute Gasteiger partial charge is 0.348 e. The lowest BCUT2D eigenvalue weighted by Gasteiger charge is -2.35. The number of carbonyl (C=O) groups excluding carboxylic acids is 1. The predicted molar refractivity (Wildman–Crippen MR) is 86.2 cm³/mol. The van der Waals surface area contributed by atoms with Crippen molar-refractivity contribution in [3.8, 4) is 0 Å². The van der Waals surface area contributed by atoms with Crippen molar-refractivity contribution >= 4 is 17.9 Å². The lowest BCUT2D eigenvalue weighted by Crippen LogP contribution is -2.34. The highest BCUT2D eigenvalue weighted by Gasteiger charge is 2.40. The summed E-state index contributed by atoms with van der Waals surface area (Å²) in [5.41, 5.74) is 2.35. The minimum atomic E-state index is -0.317. The molecule has 0 unspecified atom stereocenters. The summed E-state index contributed by atoms with van der Waals surface area (Å²) in [5.74, 6) is 0.194. The van der Waals surface area contributed by atoms with Crippen LogP contribution in [0.1, 0.15) is 49.7 Å². The third-order valence-electron chi connectivity index (χ3n) is 4.86. The molecule has 0 radical (unpaired) electrons. The summed E-state index contributed by atoms with van der Waals surface area (Å²) in [6.45, 7) is 3.36. The highest BCUT2D eigenvalue weighted by atomic mass is 35.5. The molecule has 0 bridgehead atoms. The maximum atomic E-state index is 10.8. The van der Waals surface area contributed by atoms with Crippen LogP contribution in [0.3, 0.4) is 0 Å². The van der Waals surface area contributed by atoms with E-state index in [-0.39, 0.29) is 11.7 Å². The van der Waals surface area contributed by atoms with E-state index in [0.717, 1.165) is 62.2 Å². The van der Waals surface area contributed by atoms with Crippen LogP contribution >= 0.6 is 11.6 Å². The van der Waals surface area contributed by atoms with Gasteiger partial charge in [0, 0.05) is 23.8 Å². The molecule has 120 valence electrons. The van der Waals surface area contributed by atoms with E-state index in [9.17, 15) is 4.79 Å². The first-order valence-electron chi connectivity index (χ1n) is 8.13. The van der Waals surface area contributed by atoms with Crippen molar-refractivity contribution in [3.05, 3.63) is 34.3 Å². The zero-order chi connectivity index (χ0) is 15.6. The van der Waals surface area contributed by atoms with E-state index in [1.165, 1.54) is 5.56 Å². The first-order chi connectivity index (χ1) is 10.6. The minimum Gasteiger partial charge on any atom is -0.348 e.